The third-order valence-corrected chi connectivity index (χ3v) is 2.55. The second-order valence-electron chi connectivity index (χ2n) is 4.08. The van der Waals surface area contributed by atoms with E-state index in [0.717, 1.165) is 0 Å². The van der Waals surface area contributed by atoms with Crippen molar-refractivity contribution in [3.63, 3.8) is 0 Å². The van der Waals surface area contributed by atoms with Crippen molar-refractivity contribution in [1.82, 2.24) is 0 Å². The number of hydrogen-bond acceptors (Lipinski definition) is 1. The quantitative estimate of drug-likeness (QED) is 0.606. The Hall–Kier alpha value is -0.300. The molecule has 0 saturated heterocycles. The Morgan fingerprint density at radius 2 is 1.91 bits per heavy atom. The highest BCUT2D eigenvalue weighted by molar-refractivity contribution is 5.02. The second-order valence-corrected chi connectivity index (χ2v) is 4.08. The molecule has 0 bridgehead atoms. The summed E-state index contributed by atoms with van der Waals surface area (Å²) in [7, 11) is 0. The minimum atomic E-state index is 0.215. The predicted molar refractivity (Wildman–Crippen MR) is 49.4 cm³/mol. The zero-order chi connectivity index (χ0) is 8.32. The van der Waals surface area contributed by atoms with Gasteiger partial charge in [-0.05, 0) is 25.2 Å². The lowest BCUT2D eigenvalue weighted by Gasteiger charge is -2.18. The first-order chi connectivity index (χ1) is 5.12. The maximum absolute atomic E-state index is 5.64. The van der Waals surface area contributed by atoms with Gasteiger partial charge in [-0.3, -0.25) is 0 Å². The van der Waals surface area contributed by atoms with Gasteiger partial charge >= 0.3 is 0 Å². The Kier molecular flexibility index (Phi) is 2.72. The largest absolute Gasteiger partial charge is 0.325 e. The van der Waals surface area contributed by atoms with Crippen LogP contribution in [0.5, 0.6) is 0 Å². The summed E-state index contributed by atoms with van der Waals surface area (Å²) in [6.45, 7) is 4.35. The van der Waals surface area contributed by atoms with Crippen molar-refractivity contribution in [2.75, 3.05) is 0 Å². The van der Waals surface area contributed by atoms with E-state index in [9.17, 15) is 0 Å². The molecule has 1 aliphatic carbocycles. The third-order valence-electron chi connectivity index (χ3n) is 2.55. The molecule has 1 fully saturated rings. The van der Waals surface area contributed by atoms with Gasteiger partial charge in [-0.1, -0.05) is 31.9 Å². The molecule has 0 spiro atoms. The molecule has 2 N–H and O–H groups in total. The third kappa shape index (κ3) is 2.66. The highest BCUT2D eigenvalue weighted by atomic mass is 14.6. The van der Waals surface area contributed by atoms with Crippen LogP contribution in [0, 0.1) is 5.41 Å². The van der Waals surface area contributed by atoms with Gasteiger partial charge in [0.25, 0.3) is 0 Å². The van der Waals surface area contributed by atoms with Gasteiger partial charge < -0.3 is 5.73 Å². The molecule has 1 atom stereocenters. The van der Waals surface area contributed by atoms with Crippen molar-refractivity contribution >= 4 is 0 Å². The molecule has 1 saturated carbocycles. The molecule has 11 heavy (non-hydrogen) atoms. The van der Waals surface area contributed by atoms with E-state index in [1.165, 1.54) is 25.7 Å². The Labute approximate surface area is 69.7 Å². The lowest BCUT2D eigenvalue weighted by atomic mass is 9.88. The van der Waals surface area contributed by atoms with Crippen LogP contribution in [0.1, 0.15) is 39.5 Å². The van der Waals surface area contributed by atoms with Gasteiger partial charge in [0.05, 0.1) is 0 Å². The normalized spacial score (nSPS) is 26.1. The SMILES string of the molecule is CC(N)/C=C/C1(C)CCCC1. The van der Waals surface area contributed by atoms with Crippen LogP contribution in [0.15, 0.2) is 12.2 Å². The number of allylic oxidation sites excluding steroid dienone is 1. The topological polar surface area (TPSA) is 26.0 Å². The first-order valence-electron chi connectivity index (χ1n) is 4.57. The summed E-state index contributed by atoms with van der Waals surface area (Å²) in [4.78, 5) is 0. The maximum atomic E-state index is 5.64. The first-order valence-corrected chi connectivity index (χ1v) is 4.57. The predicted octanol–water partition coefficient (Wildman–Crippen LogP) is 2.47. The molecule has 1 nitrogen and oxygen atoms in total. The summed E-state index contributed by atoms with van der Waals surface area (Å²) in [6, 6.07) is 0.215. The van der Waals surface area contributed by atoms with E-state index in [2.05, 4.69) is 19.1 Å². The van der Waals surface area contributed by atoms with E-state index in [-0.39, 0.29) is 6.04 Å². The van der Waals surface area contributed by atoms with Crippen LogP contribution in [0.25, 0.3) is 0 Å². The van der Waals surface area contributed by atoms with Crippen molar-refractivity contribution in [1.29, 1.82) is 0 Å². The van der Waals surface area contributed by atoms with Crippen LogP contribution >= 0.6 is 0 Å². The fourth-order valence-electron chi connectivity index (χ4n) is 1.73. The van der Waals surface area contributed by atoms with E-state index >= 15 is 0 Å². The van der Waals surface area contributed by atoms with Crippen LogP contribution in [-0.4, -0.2) is 6.04 Å². The van der Waals surface area contributed by atoms with Crippen molar-refractivity contribution in [3.8, 4) is 0 Å². The number of hydrogen-bond donors (Lipinski definition) is 1. The monoisotopic (exact) mass is 153 g/mol. The number of nitrogens with two attached hydrogens (primary N) is 1. The summed E-state index contributed by atoms with van der Waals surface area (Å²) in [5.74, 6) is 0. The molecule has 64 valence electrons. The van der Waals surface area contributed by atoms with Crippen molar-refractivity contribution in [2.24, 2.45) is 11.1 Å². The summed E-state index contributed by atoms with van der Waals surface area (Å²) in [5, 5.41) is 0. The van der Waals surface area contributed by atoms with Crippen LogP contribution in [-0.2, 0) is 0 Å². The average Bonchev–Trinajstić information content (AvgIpc) is 2.33. The van der Waals surface area contributed by atoms with Gasteiger partial charge in [-0.15, -0.1) is 0 Å². The molecule has 0 aromatic heterocycles. The molecular weight excluding hydrogens is 134 g/mol. The highest BCUT2D eigenvalue weighted by Gasteiger charge is 2.25. The van der Waals surface area contributed by atoms with Gasteiger partial charge in [0.15, 0.2) is 0 Å². The van der Waals surface area contributed by atoms with Gasteiger partial charge in [0, 0.05) is 6.04 Å². The van der Waals surface area contributed by atoms with Crippen molar-refractivity contribution < 1.29 is 0 Å². The van der Waals surface area contributed by atoms with Crippen LogP contribution in [0.3, 0.4) is 0 Å². The highest BCUT2D eigenvalue weighted by Crippen LogP contribution is 2.38. The Morgan fingerprint density at radius 1 is 1.36 bits per heavy atom. The van der Waals surface area contributed by atoms with Crippen LogP contribution in [0.4, 0.5) is 0 Å². The molecule has 1 rings (SSSR count). The van der Waals surface area contributed by atoms with E-state index in [1.54, 1.807) is 0 Å². The fourth-order valence-corrected chi connectivity index (χ4v) is 1.73. The molecule has 1 aliphatic rings. The zero-order valence-corrected chi connectivity index (χ0v) is 7.64. The first kappa shape index (κ1) is 8.79. The summed E-state index contributed by atoms with van der Waals surface area (Å²) in [5.41, 5.74) is 6.11. The van der Waals surface area contributed by atoms with Gasteiger partial charge in [0.1, 0.15) is 0 Å². The summed E-state index contributed by atoms with van der Waals surface area (Å²) >= 11 is 0. The smallest absolute Gasteiger partial charge is 0.0195 e. The molecule has 0 heterocycles. The molecule has 0 aromatic carbocycles. The van der Waals surface area contributed by atoms with E-state index in [4.69, 9.17) is 5.73 Å². The standard InChI is InChI=1S/C10H19N/c1-9(11)5-8-10(2)6-3-4-7-10/h5,8-9H,3-4,6-7,11H2,1-2H3/b8-5+. The second kappa shape index (κ2) is 3.40. The molecule has 0 radical (unpaired) electrons. The van der Waals surface area contributed by atoms with Gasteiger partial charge in [0.2, 0.25) is 0 Å². The summed E-state index contributed by atoms with van der Waals surface area (Å²) in [6.07, 6.45) is 9.90. The molecule has 1 unspecified atom stereocenters. The van der Waals surface area contributed by atoms with Gasteiger partial charge in [-0.2, -0.15) is 0 Å². The van der Waals surface area contributed by atoms with E-state index < -0.39 is 0 Å². The number of rotatable bonds is 2. The maximum Gasteiger partial charge on any atom is 0.0195 e. The fraction of sp³-hybridized carbons (Fsp3) is 0.800. The minimum absolute atomic E-state index is 0.215. The average molecular weight is 153 g/mol. The Balaban J connectivity index is 2.45. The molecule has 0 aliphatic heterocycles. The molecule has 1 heteroatoms. The molecule has 0 aromatic rings. The van der Waals surface area contributed by atoms with Crippen molar-refractivity contribution in [2.45, 2.75) is 45.6 Å². The van der Waals surface area contributed by atoms with E-state index in [0.29, 0.717) is 5.41 Å². The zero-order valence-electron chi connectivity index (χ0n) is 7.64. The van der Waals surface area contributed by atoms with Gasteiger partial charge in [-0.25, -0.2) is 0 Å². The van der Waals surface area contributed by atoms with Crippen molar-refractivity contribution in [3.05, 3.63) is 12.2 Å². The van der Waals surface area contributed by atoms with E-state index in [1.807, 2.05) is 6.92 Å². The lowest BCUT2D eigenvalue weighted by molar-refractivity contribution is 0.444. The van der Waals surface area contributed by atoms with Crippen LogP contribution in [0.2, 0.25) is 0 Å². The molecular formula is C10H19N. The Morgan fingerprint density at radius 3 is 2.36 bits per heavy atom. The minimum Gasteiger partial charge on any atom is -0.325 e. The summed E-state index contributed by atoms with van der Waals surface area (Å²) < 4.78 is 0. The Bertz CT molecular complexity index is 141. The van der Waals surface area contributed by atoms with Crippen LogP contribution < -0.4 is 5.73 Å². The lowest BCUT2D eigenvalue weighted by Crippen LogP contribution is -2.13. The molecule has 0 amide bonds.